The normalized spacial score (nSPS) is 13.9. The van der Waals surface area contributed by atoms with E-state index < -0.39 is 0 Å². The molecule has 0 N–H and O–H groups in total. The first-order chi connectivity index (χ1) is 6.25. The molecule has 0 spiro atoms. The Morgan fingerprint density at radius 3 is 2.64 bits per heavy atom. The summed E-state index contributed by atoms with van der Waals surface area (Å²) in [7, 11) is 3.78. The van der Waals surface area contributed by atoms with Crippen molar-refractivity contribution in [2.45, 2.75) is 0 Å². The standard InChI is InChI=1S/C8H8BFN3.Ir/c1-12-4-5-13(9-12)8-3-2-7(10)6-11-8;/h2-6H,1H3;. The van der Waals surface area contributed by atoms with Gasteiger partial charge in [0.05, 0.1) is 6.20 Å². The molecule has 0 bridgehead atoms. The van der Waals surface area contributed by atoms with Crippen LogP contribution in [-0.2, 0) is 20.1 Å². The SMILES string of the molecule is CN1[B]N(c2ccc(F)cn2)C=C1.[Ir]. The summed E-state index contributed by atoms with van der Waals surface area (Å²) in [6.07, 6.45) is 4.96. The van der Waals surface area contributed by atoms with Gasteiger partial charge >= 0.3 is 7.55 Å². The molecule has 6 heteroatoms. The van der Waals surface area contributed by atoms with E-state index in [1.54, 1.807) is 6.07 Å². The number of nitrogens with zero attached hydrogens (tertiary/aromatic N) is 3. The van der Waals surface area contributed by atoms with Crippen LogP contribution in [0.25, 0.3) is 0 Å². The summed E-state index contributed by atoms with van der Waals surface area (Å²) in [5.74, 6) is 0.391. The number of halogens is 1. The molecular weight excluding hydrogens is 360 g/mol. The van der Waals surface area contributed by atoms with Crippen molar-refractivity contribution in [3.63, 3.8) is 0 Å². The van der Waals surface area contributed by atoms with E-state index in [2.05, 4.69) is 4.98 Å². The van der Waals surface area contributed by atoms with Gasteiger partial charge in [0.2, 0.25) is 0 Å². The Labute approximate surface area is 96.2 Å². The minimum Gasteiger partial charge on any atom is -0.406 e. The van der Waals surface area contributed by atoms with E-state index in [4.69, 9.17) is 0 Å². The summed E-state index contributed by atoms with van der Waals surface area (Å²) in [6.45, 7) is 0. The van der Waals surface area contributed by atoms with Crippen molar-refractivity contribution in [2.75, 3.05) is 11.9 Å². The molecule has 14 heavy (non-hydrogen) atoms. The molecule has 0 unspecified atom stereocenters. The van der Waals surface area contributed by atoms with Gasteiger partial charge in [0.15, 0.2) is 0 Å². The van der Waals surface area contributed by atoms with Gasteiger partial charge in [-0.05, 0) is 19.2 Å². The molecule has 3 nitrogen and oxygen atoms in total. The van der Waals surface area contributed by atoms with Crippen LogP contribution in [0, 0.1) is 5.82 Å². The van der Waals surface area contributed by atoms with Gasteiger partial charge < -0.3 is 9.62 Å². The van der Waals surface area contributed by atoms with E-state index in [0.717, 1.165) is 0 Å². The first kappa shape index (κ1) is 11.2. The molecule has 0 aliphatic carbocycles. The predicted octanol–water partition coefficient (Wildman–Crippen LogP) is 0.975. The first-order valence-electron chi connectivity index (χ1n) is 3.91. The third-order valence-corrected chi connectivity index (χ3v) is 1.75. The van der Waals surface area contributed by atoms with E-state index in [0.29, 0.717) is 5.82 Å². The third kappa shape index (κ3) is 2.33. The Balaban J connectivity index is 0.000000980. The molecule has 0 aromatic carbocycles. The molecule has 1 aromatic rings. The van der Waals surface area contributed by atoms with Crippen molar-refractivity contribution in [1.29, 1.82) is 0 Å². The van der Waals surface area contributed by atoms with Crippen LogP contribution in [0.4, 0.5) is 10.2 Å². The summed E-state index contributed by atoms with van der Waals surface area (Å²) < 4.78 is 12.5. The van der Waals surface area contributed by atoms with Crippen LogP contribution in [0.15, 0.2) is 30.7 Å². The van der Waals surface area contributed by atoms with E-state index in [9.17, 15) is 4.39 Å². The zero-order chi connectivity index (χ0) is 9.26. The van der Waals surface area contributed by atoms with Gasteiger partial charge in [-0.2, -0.15) is 0 Å². The zero-order valence-corrected chi connectivity index (χ0v) is 9.91. The molecule has 1 aliphatic rings. The minimum atomic E-state index is -0.319. The van der Waals surface area contributed by atoms with Gasteiger partial charge in [0.25, 0.3) is 0 Å². The van der Waals surface area contributed by atoms with Gasteiger partial charge in [0.1, 0.15) is 11.6 Å². The summed E-state index contributed by atoms with van der Waals surface area (Å²) in [4.78, 5) is 7.65. The average molecular weight is 368 g/mol. The van der Waals surface area contributed by atoms with Crippen molar-refractivity contribution in [3.05, 3.63) is 36.5 Å². The fraction of sp³-hybridized carbons (Fsp3) is 0.125. The number of rotatable bonds is 1. The molecule has 0 amide bonds. The molecular formula is C8H8BFIrN3. The molecule has 0 fully saturated rings. The Morgan fingerprint density at radius 1 is 1.36 bits per heavy atom. The predicted molar refractivity (Wildman–Crippen MR) is 49.3 cm³/mol. The smallest absolute Gasteiger partial charge is 0.396 e. The van der Waals surface area contributed by atoms with Crippen LogP contribution in [0.5, 0.6) is 0 Å². The molecule has 2 rings (SSSR count). The van der Waals surface area contributed by atoms with Crippen molar-refractivity contribution in [1.82, 2.24) is 9.79 Å². The van der Waals surface area contributed by atoms with E-state index in [-0.39, 0.29) is 25.9 Å². The van der Waals surface area contributed by atoms with Gasteiger partial charge in [-0.15, -0.1) is 0 Å². The largest absolute Gasteiger partial charge is 0.406 e. The number of aromatic nitrogens is 1. The van der Waals surface area contributed by atoms with Crippen LogP contribution in [0.3, 0.4) is 0 Å². The summed E-state index contributed by atoms with van der Waals surface area (Å²) in [5.41, 5.74) is 0. The first-order valence-corrected chi connectivity index (χ1v) is 3.91. The molecule has 2 radical (unpaired) electrons. The third-order valence-electron chi connectivity index (χ3n) is 1.75. The Hall–Kier alpha value is -0.866. The molecule has 0 saturated carbocycles. The summed E-state index contributed by atoms with van der Waals surface area (Å²) >= 11 is 0. The van der Waals surface area contributed by atoms with E-state index in [1.165, 1.54) is 12.3 Å². The summed E-state index contributed by atoms with van der Waals surface area (Å²) in [6, 6.07) is 3.03. The van der Waals surface area contributed by atoms with Gasteiger partial charge in [0, 0.05) is 32.5 Å². The second kappa shape index (κ2) is 4.57. The Bertz CT molecular complexity index is 330. The fourth-order valence-corrected chi connectivity index (χ4v) is 1.11. The monoisotopic (exact) mass is 369 g/mol. The quantitative estimate of drug-likeness (QED) is 0.689. The van der Waals surface area contributed by atoms with Crippen molar-refractivity contribution in [2.24, 2.45) is 0 Å². The van der Waals surface area contributed by atoms with Crippen molar-refractivity contribution in [3.8, 4) is 0 Å². The Morgan fingerprint density at radius 2 is 2.14 bits per heavy atom. The van der Waals surface area contributed by atoms with Crippen LogP contribution in [0.2, 0.25) is 0 Å². The van der Waals surface area contributed by atoms with Crippen LogP contribution < -0.4 is 4.81 Å². The van der Waals surface area contributed by atoms with Crippen LogP contribution in [0.1, 0.15) is 0 Å². The maximum absolute atomic E-state index is 12.5. The second-order valence-corrected chi connectivity index (χ2v) is 2.82. The topological polar surface area (TPSA) is 19.4 Å². The van der Waals surface area contributed by atoms with E-state index in [1.807, 2.05) is 36.6 Å². The number of hydrogen-bond donors (Lipinski definition) is 0. The Kier molecular flexibility index (Phi) is 3.66. The van der Waals surface area contributed by atoms with Crippen LogP contribution >= 0.6 is 0 Å². The molecule has 1 aromatic heterocycles. The molecule has 2 heterocycles. The van der Waals surface area contributed by atoms with Crippen molar-refractivity contribution >= 4 is 13.4 Å². The average Bonchev–Trinajstić information content (AvgIpc) is 2.53. The summed E-state index contributed by atoms with van der Waals surface area (Å²) in [5, 5.41) is 0. The fourth-order valence-electron chi connectivity index (χ4n) is 1.11. The maximum atomic E-state index is 12.5. The number of pyridine rings is 1. The van der Waals surface area contributed by atoms with Crippen LogP contribution in [-0.4, -0.2) is 24.4 Å². The maximum Gasteiger partial charge on any atom is 0.396 e. The zero-order valence-electron chi connectivity index (χ0n) is 7.52. The van der Waals surface area contributed by atoms with Gasteiger partial charge in [-0.3, -0.25) is 0 Å². The van der Waals surface area contributed by atoms with Crippen molar-refractivity contribution < 1.29 is 24.5 Å². The number of anilines is 1. The van der Waals surface area contributed by atoms with E-state index >= 15 is 0 Å². The molecule has 74 valence electrons. The molecule has 0 saturated heterocycles. The van der Waals surface area contributed by atoms with Gasteiger partial charge in [-0.25, -0.2) is 9.37 Å². The molecule has 1 aliphatic heterocycles. The van der Waals surface area contributed by atoms with Gasteiger partial charge in [-0.1, -0.05) is 0 Å². The second-order valence-electron chi connectivity index (χ2n) is 2.82. The number of hydrogen-bond acceptors (Lipinski definition) is 3. The minimum absolute atomic E-state index is 0. The molecule has 0 atom stereocenters.